The van der Waals surface area contributed by atoms with Crippen LogP contribution in [0.3, 0.4) is 0 Å². The van der Waals surface area contributed by atoms with E-state index in [1.807, 2.05) is 6.07 Å². The molecule has 1 atom stereocenters. The maximum atomic E-state index is 5.90. The van der Waals surface area contributed by atoms with Crippen LogP contribution < -0.4 is 5.73 Å². The number of allylic oxidation sites excluding steroid dienone is 1. The second kappa shape index (κ2) is 5.92. The fourth-order valence-electron chi connectivity index (χ4n) is 1.85. The molecule has 1 aliphatic rings. The van der Waals surface area contributed by atoms with E-state index in [0.717, 1.165) is 12.1 Å². The van der Waals surface area contributed by atoms with Gasteiger partial charge in [0.1, 0.15) is 0 Å². The molecule has 3 heteroatoms. The minimum absolute atomic E-state index is 0.320. The average molecular weight is 246 g/mol. The fraction of sp³-hybridized carbons (Fsp3) is 0.357. The summed E-state index contributed by atoms with van der Waals surface area (Å²) < 4.78 is 0. The predicted molar refractivity (Wildman–Crippen MR) is 76.0 cm³/mol. The minimum Gasteiger partial charge on any atom is -0.378 e. The lowest BCUT2D eigenvalue weighted by Crippen LogP contribution is -2.13. The molecule has 1 aliphatic heterocycles. The predicted octanol–water partition coefficient (Wildman–Crippen LogP) is 3.86. The maximum absolute atomic E-state index is 5.90. The van der Waals surface area contributed by atoms with Crippen LogP contribution in [0.2, 0.25) is 0 Å². The Morgan fingerprint density at radius 2 is 2.06 bits per heavy atom. The van der Waals surface area contributed by atoms with Gasteiger partial charge < -0.3 is 5.73 Å². The van der Waals surface area contributed by atoms with Gasteiger partial charge in [-0.1, -0.05) is 55.4 Å². The van der Waals surface area contributed by atoms with Crippen LogP contribution >= 0.6 is 11.8 Å². The molecule has 0 amide bonds. The molecule has 1 aromatic carbocycles. The Morgan fingerprint density at radius 3 is 2.76 bits per heavy atom. The maximum Gasteiger partial charge on any atom is 0.159 e. The number of hydrogen-bond acceptors (Lipinski definition) is 3. The van der Waals surface area contributed by atoms with Crippen molar-refractivity contribution >= 4 is 16.9 Å². The third-order valence-corrected chi connectivity index (χ3v) is 3.75. The molecule has 0 saturated heterocycles. The Morgan fingerprint density at radius 1 is 1.29 bits per heavy atom. The van der Waals surface area contributed by atoms with E-state index in [4.69, 9.17) is 5.73 Å². The molecule has 0 radical (unpaired) electrons. The fourth-order valence-corrected chi connectivity index (χ4v) is 2.80. The molecular formula is C14H18N2S. The highest BCUT2D eigenvalue weighted by atomic mass is 32.2. The highest BCUT2D eigenvalue weighted by Gasteiger charge is 2.16. The van der Waals surface area contributed by atoms with Crippen molar-refractivity contribution in [2.75, 3.05) is 0 Å². The number of thioether (sulfide) groups is 1. The molecule has 1 heterocycles. The summed E-state index contributed by atoms with van der Waals surface area (Å²) in [6.07, 6.45) is 5.64. The molecular weight excluding hydrogens is 228 g/mol. The molecule has 2 N–H and O–H groups in total. The minimum atomic E-state index is 0.320. The van der Waals surface area contributed by atoms with Gasteiger partial charge >= 0.3 is 0 Å². The number of benzene rings is 1. The van der Waals surface area contributed by atoms with E-state index < -0.39 is 0 Å². The molecule has 17 heavy (non-hydrogen) atoms. The van der Waals surface area contributed by atoms with Crippen LogP contribution in [0, 0.1) is 0 Å². The lowest BCUT2D eigenvalue weighted by atomic mass is 10.1. The van der Waals surface area contributed by atoms with E-state index >= 15 is 0 Å². The van der Waals surface area contributed by atoms with Gasteiger partial charge in [-0.3, -0.25) is 0 Å². The highest BCUT2D eigenvalue weighted by Crippen LogP contribution is 2.35. The van der Waals surface area contributed by atoms with Crippen LogP contribution in [0.15, 0.2) is 47.1 Å². The first-order valence-electron chi connectivity index (χ1n) is 6.06. The Bertz CT molecular complexity index is 423. The first-order chi connectivity index (χ1) is 8.29. The quantitative estimate of drug-likeness (QED) is 0.876. The second-order valence-corrected chi connectivity index (χ2v) is 5.32. The summed E-state index contributed by atoms with van der Waals surface area (Å²) in [6, 6.07) is 10.5. The van der Waals surface area contributed by atoms with Gasteiger partial charge in [0.25, 0.3) is 0 Å². The van der Waals surface area contributed by atoms with Gasteiger partial charge in [0.2, 0.25) is 0 Å². The molecule has 2 nitrogen and oxygen atoms in total. The number of amidine groups is 1. The summed E-state index contributed by atoms with van der Waals surface area (Å²) in [5, 5.41) is 1.01. The van der Waals surface area contributed by atoms with E-state index in [2.05, 4.69) is 42.3 Å². The summed E-state index contributed by atoms with van der Waals surface area (Å²) in [6.45, 7) is 2.19. The Balaban J connectivity index is 2.15. The first-order valence-corrected chi connectivity index (χ1v) is 6.94. The Hall–Kier alpha value is -1.22. The van der Waals surface area contributed by atoms with E-state index in [0.29, 0.717) is 10.4 Å². The summed E-state index contributed by atoms with van der Waals surface area (Å²) >= 11 is 1.63. The highest BCUT2D eigenvalue weighted by molar-refractivity contribution is 8.14. The Kier molecular flexibility index (Phi) is 4.26. The molecule has 0 aliphatic carbocycles. The number of nitrogens with two attached hydrogens (primary N) is 1. The van der Waals surface area contributed by atoms with Crippen molar-refractivity contribution in [3.05, 3.63) is 47.7 Å². The third-order valence-electron chi connectivity index (χ3n) is 2.76. The average Bonchev–Trinajstić information content (AvgIpc) is 2.37. The zero-order chi connectivity index (χ0) is 12.1. The van der Waals surface area contributed by atoms with Crippen molar-refractivity contribution in [2.45, 2.75) is 31.4 Å². The lowest BCUT2D eigenvalue weighted by Gasteiger charge is -2.18. The number of nitrogens with zero attached hydrogens (tertiary/aromatic N) is 1. The van der Waals surface area contributed by atoms with Crippen LogP contribution in [-0.2, 0) is 0 Å². The van der Waals surface area contributed by atoms with Crippen molar-refractivity contribution in [3.8, 4) is 0 Å². The van der Waals surface area contributed by atoms with Gasteiger partial charge in [-0.15, -0.1) is 0 Å². The lowest BCUT2D eigenvalue weighted by molar-refractivity contribution is 0.777. The van der Waals surface area contributed by atoms with Crippen LogP contribution in [0.4, 0.5) is 0 Å². The molecule has 0 spiro atoms. The van der Waals surface area contributed by atoms with Crippen LogP contribution in [-0.4, -0.2) is 5.17 Å². The standard InChI is InChI=1S/C14H18N2S/c1-2-3-9-12-10-13(17-14(15)16-12)11-7-5-4-6-8-11/h4-8,10,13H,2-3,9H2,1H3,(H2,15,16). The zero-order valence-corrected chi connectivity index (χ0v) is 10.9. The molecule has 90 valence electrons. The van der Waals surface area contributed by atoms with Crippen molar-refractivity contribution < 1.29 is 0 Å². The molecule has 2 rings (SSSR count). The van der Waals surface area contributed by atoms with Gasteiger partial charge in [-0.25, -0.2) is 4.99 Å². The monoisotopic (exact) mass is 246 g/mol. The Labute approximate surface area is 107 Å². The van der Waals surface area contributed by atoms with Gasteiger partial charge in [0.15, 0.2) is 5.17 Å². The molecule has 0 fully saturated rings. The number of aliphatic imine (C=N–C) groups is 1. The van der Waals surface area contributed by atoms with Gasteiger partial charge in [-0.2, -0.15) is 0 Å². The smallest absolute Gasteiger partial charge is 0.159 e. The number of hydrogen-bond donors (Lipinski definition) is 1. The number of rotatable bonds is 4. The van der Waals surface area contributed by atoms with E-state index in [1.54, 1.807) is 11.8 Å². The zero-order valence-electron chi connectivity index (χ0n) is 10.1. The SMILES string of the molecule is CCCCC1=CC(c2ccccc2)SC(N)=N1. The normalized spacial score (nSPS) is 19.7. The summed E-state index contributed by atoms with van der Waals surface area (Å²) in [5.41, 5.74) is 8.33. The third kappa shape index (κ3) is 3.37. The van der Waals surface area contributed by atoms with Crippen molar-refractivity contribution in [2.24, 2.45) is 10.7 Å². The van der Waals surface area contributed by atoms with Crippen LogP contribution in [0.5, 0.6) is 0 Å². The number of unbranched alkanes of at least 4 members (excludes halogenated alkanes) is 1. The van der Waals surface area contributed by atoms with Gasteiger partial charge in [-0.05, 0) is 24.5 Å². The largest absolute Gasteiger partial charge is 0.378 e. The van der Waals surface area contributed by atoms with Crippen molar-refractivity contribution in [1.82, 2.24) is 0 Å². The van der Waals surface area contributed by atoms with E-state index in [9.17, 15) is 0 Å². The first kappa shape index (κ1) is 12.2. The van der Waals surface area contributed by atoms with Crippen molar-refractivity contribution in [3.63, 3.8) is 0 Å². The van der Waals surface area contributed by atoms with Crippen LogP contribution in [0.25, 0.3) is 0 Å². The van der Waals surface area contributed by atoms with E-state index in [-0.39, 0.29) is 0 Å². The molecule has 1 unspecified atom stereocenters. The molecule has 1 aromatic rings. The van der Waals surface area contributed by atoms with E-state index in [1.165, 1.54) is 18.4 Å². The topological polar surface area (TPSA) is 38.4 Å². The summed E-state index contributed by atoms with van der Waals surface area (Å²) in [7, 11) is 0. The molecule has 0 aromatic heterocycles. The summed E-state index contributed by atoms with van der Waals surface area (Å²) in [4.78, 5) is 4.41. The summed E-state index contributed by atoms with van der Waals surface area (Å²) in [5.74, 6) is 0. The van der Waals surface area contributed by atoms with Gasteiger partial charge in [0.05, 0.1) is 5.25 Å². The van der Waals surface area contributed by atoms with Crippen LogP contribution in [0.1, 0.15) is 37.0 Å². The molecule has 0 bridgehead atoms. The second-order valence-electron chi connectivity index (χ2n) is 4.16. The van der Waals surface area contributed by atoms with Crippen molar-refractivity contribution in [1.29, 1.82) is 0 Å². The van der Waals surface area contributed by atoms with Gasteiger partial charge in [0, 0.05) is 5.70 Å². The molecule has 0 saturated carbocycles.